The molecule has 10 heteroatoms. The molecule has 9 rings (SSSR count). The number of aliphatic hydroxyl groups is 5. The number of carbonyl (C=O) groups is 2. The van der Waals surface area contributed by atoms with Crippen molar-refractivity contribution in [2.24, 2.45) is 64.1 Å². The van der Waals surface area contributed by atoms with Crippen molar-refractivity contribution < 1.29 is 44.6 Å². The molecule has 0 aromatic carbocycles. The summed E-state index contributed by atoms with van der Waals surface area (Å²) in [6.45, 7) is 4.19. The van der Waals surface area contributed by atoms with Gasteiger partial charge in [0.25, 0.3) is 0 Å². The van der Waals surface area contributed by atoms with E-state index >= 15 is 0 Å². The molecular weight excluding hydrogens is 711 g/mol. The predicted molar refractivity (Wildman–Crippen MR) is 209 cm³/mol. The van der Waals surface area contributed by atoms with Gasteiger partial charge < -0.3 is 45.1 Å². The fourth-order valence-electron chi connectivity index (χ4n) is 16.5. The summed E-state index contributed by atoms with van der Waals surface area (Å²) >= 11 is 0. The number of hydrogen-bond acceptors (Lipinski definition) is 10. The Balaban J connectivity index is 1.19. The van der Waals surface area contributed by atoms with E-state index in [9.17, 15) is 35.1 Å². The van der Waals surface area contributed by atoms with Crippen LogP contribution in [0.3, 0.4) is 0 Å². The number of allylic oxidation sites excluding steroid dienone is 1. The number of nitrogens with one attached hydrogen (secondary N) is 1. The molecule has 0 bridgehead atoms. The first-order valence-corrected chi connectivity index (χ1v) is 22.7. The van der Waals surface area contributed by atoms with E-state index < -0.39 is 63.7 Å². The summed E-state index contributed by atoms with van der Waals surface area (Å²) in [5.74, 6) is -2.22. The van der Waals surface area contributed by atoms with Crippen LogP contribution >= 0.6 is 0 Å². The van der Waals surface area contributed by atoms with Crippen molar-refractivity contribution in [1.82, 2.24) is 5.32 Å². The van der Waals surface area contributed by atoms with E-state index in [0.29, 0.717) is 57.1 Å². The Kier molecular flexibility index (Phi) is 10.3. The van der Waals surface area contributed by atoms with Gasteiger partial charge in [-0.2, -0.15) is 0 Å². The van der Waals surface area contributed by atoms with Crippen molar-refractivity contribution in [2.45, 2.75) is 158 Å². The normalized spacial score (nSPS) is 49.3. The molecule has 6 N–H and O–H groups in total. The van der Waals surface area contributed by atoms with Crippen LogP contribution in [0.25, 0.3) is 0 Å². The molecule has 8 aliphatic carbocycles. The molecule has 0 radical (unpaired) electrons. The van der Waals surface area contributed by atoms with Gasteiger partial charge in [-0.3, -0.25) is 0 Å². The maximum absolute atomic E-state index is 14.2. The third-order valence-electron chi connectivity index (χ3n) is 18.8. The highest BCUT2D eigenvalue weighted by atomic mass is 16.5. The summed E-state index contributed by atoms with van der Waals surface area (Å²) in [6.07, 6.45) is 15.8. The Morgan fingerprint density at radius 1 is 0.929 bits per heavy atom. The van der Waals surface area contributed by atoms with Crippen LogP contribution in [0.4, 0.5) is 0 Å². The lowest BCUT2D eigenvalue weighted by Crippen LogP contribution is -2.85. The molecule has 15 atom stereocenters. The van der Waals surface area contributed by atoms with Crippen molar-refractivity contribution in [3.8, 4) is 0 Å². The number of ether oxygens (including phenoxy) is 2. The van der Waals surface area contributed by atoms with E-state index in [1.165, 1.54) is 25.7 Å². The fraction of sp³-hybridized carbons (Fsp3) is 0.870. The molecule has 7 fully saturated rings. The van der Waals surface area contributed by atoms with E-state index in [-0.39, 0.29) is 42.5 Å². The number of carbonyl (C=O) groups excluding carboxylic acids is 2. The van der Waals surface area contributed by atoms with Gasteiger partial charge in [0, 0.05) is 49.5 Å². The van der Waals surface area contributed by atoms with E-state index in [2.05, 4.69) is 18.3 Å². The molecule has 7 saturated carbocycles. The molecule has 0 aromatic rings. The Bertz CT molecular complexity index is 1590. The first-order valence-electron chi connectivity index (χ1n) is 22.7. The molecule has 15 unspecified atom stereocenters. The maximum Gasteiger partial charge on any atom is 0.331 e. The summed E-state index contributed by atoms with van der Waals surface area (Å²) in [4.78, 5) is 27.4. The third kappa shape index (κ3) is 5.23. The van der Waals surface area contributed by atoms with E-state index in [1.807, 2.05) is 0 Å². The second kappa shape index (κ2) is 14.5. The van der Waals surface area contributed by atoms with Gasteiger partial charge in [-0.25, -0.2) is 4.79 Å². The van der Waals surface area contributed by atoms with E-state index in [4.69, 9.17) is 9.47 Å². The highest BCUT2D eigenvalue weighted by Gasteiger charge is 2.86. The number of aliphatic hydroxyl groups excluding tert-OH is 2. The molecule has 9 aliphatic rings. The summed E-state index contributed by atoms with van der Waals surface area (Å²) in [5, 5.41) is 70.3. The summed E-state index contributed by atoms with van der Waals surface area (Å²) < 4.78 is 11.3. The average molecular weight is 780 g/mol. The number of rotatable bonds is 10. The van der Waals surface area contributed by atoms with Crippen molar-refractivity contribution in [2.75, 3.05) is 26.8 Å². The minimum atomic E-state index is -2.11. The highest BCUT2D eigenvalue weighted by Crippen LogP contribution is 2.78. The quantitative estimate of drug-likeness (QED) is 0.0787. The van der Waals surface area contributed by atoms with Gasteiger partial charge in [0.2, 0.25) is 0 Å². The van der Waals surface area contributed by atoms with Crippen LogP contribution in [0.5, 0.6) is 0 Å². The lowest BCUT2D eigenvalue weighted by molar-refractivity contribution is -0.379. The zero-order valence-electron chi connectivity index (χ0n) is 33.9. The van der Waals surface area contributed by atoms with Crippen molar-refractivity contribution in [3.05, 3.63) is 23.3 Å². The third-order valence-corrected chi connectivity index (χ3v) is 18.8. The second-order valence-corrected chi connectivity index (χ2v) is 20.4. The SMILES string of the molecule is COCCCNCC1=CC2CC3(O)C4(O)C(O)C5CC(C(C)C6CCCC6)CCC6C(O)CCC(C=O)(C4CCC3(C3CCCCC3)C2C2=CC(=O)OC12)C65O. The van der Waals surface area contributed by atoms with Gasteiger partial charge in [0.1, 0.15) is 23.6 Å². The number of fused-ring (bicyclic) bond motifs is 8. The van der Waals surface area contributed by atoms with Crippen LogP contribution in [-0.4, -0.2) is 99.7 Å². The van der Waals surface area contributed by atoms with Crippen LogP contribution in [0.1, 0.15) is 122 Å². The maximum atomic E-state index is 14.2. The number of methoxy groups -OCH3 is 1. The molecule has 0 amide bonds. The van der Waals surface area contributed by atoms with Gasteiger partial charge in [0.15, 0.2) is 0 Å². The van der Waals surface area contributed by atoms with Crippen molar-refractivity contribution >= 4 is 12.3 Å². The Labute approximate surface area is 333 Å². The smallest absolute Gasteiger partial charge is 0.331 e. The van der Waals surface area contributed by atoms with Crippen LogP contribution in [0.2, 0.25) is 0 Å². The zero-order valence-corrected chi connectivity index (χ0v) is 33.9. The Hall–Kier alpha value is -1.66. The topological polar surface area (TPSA) is 166 Å². The number of hydrogen-bond donors (Lipinski definition) is 6. The number of esters is 1. The molecule has 1 heterocycles. The molecule has 0 spiro atoms. The van der Waals surface area contributed by atoms with E-state index in [1.54, 1.807) is 13.2 Å². The van der Waals surface area contributed by atoms with Crippen LogP contribution in [-0.2, 0) is 19.1 Å². The molecule has 10 nitrogen and oxygen atoms in total. The highest BCUT2D eigenvalue weighted by molar-refractivity contribution is 5.87. The van der Waals surface area contributed by atoms with Crippen molar-refractivity contribution in [3.63, 3.8) is 0 Å². The molecule has 0 aromatic heterocycles. The molecule has 0 saturated heterocycles. The lowest BCUT2D eigenvalue weighted by atomic mass is 9.34. The van der Waals surface area contributed by atoms with Gasteiger partial charge in [-0.05, 0) is 124 Å². The standard InChI is InChI=1S/C46H69NO9/c1-27(28-9-6-7-10-28)29-13-14-34-36(49)15-17-42(26-48)37-16-18-43(32-11-4-3-5-12-32)39-30(24-44(43,52)46(37,54)41(51)35(22-29)45(34,42)53)21-31(25-47-19-8-20-55-2)40-33(39)23-38(50)56-40/h21,23,26-30,32,34-37,39-41,47,49,51-54H,3-20,22,24-25H2,1-2H3. The number of aldehydes is 1. The fourth-order valence-corrected chi connectivity index (χ4v) is 16.5. The first-order chi connectivity index (χ1) is 26.9. The van der Waals surface area contributed by atoms with Crippen LogP contribution in [0.15, 0.2) is 23.3 Å². The Morgan fingerprint density at radius 2 is 1.68 bits per heavy atom. The summed E-state index contributed by atoms with van der Waals surface area (Å²) in [7, 11) is 1.69. The van der Waals surface area contributed by atoms with Gasteiger partial charge in [-0.15, -0.1) is 0 Å². The van der Waals surface area contributed by atoms with Gasteiger partial charge in [-0.1, -0.05) is 57.9 Å². The molecular formula is C46H69NO9. The largest absolute Gasteiger partial charge is 0.450 e. The minimum Gasteiger partial charge on any atom is -0.450 e. The van der Waals surface area contributed by atoms with Crippen molar-refractivity contribution in [1.29, 1.82) is 0 Å². The minimum absolute atomic E-state index is 0.0333. The van der Waals surface area contributed by atoms with Crippen LogP contribution in [0, 0.1) is 64.1 Å². The summed E-state index contributed by atoms with van der Waals surface area (Å²) in [6, 6.07) is 0. The van der Waals surface area contributed by atoms with Gasteiger partial charge in [0.05, 0.1) is 23.2 Å². The predicted octanol–water partition coefficient (Wildman–Crippen LogP) is 4.78. The molecule has 312 valence electrons. The zero-order chi connectivity index (χ0) is 39.3. The Morgan fingerprint density at radius 3 is 2.41 bits per heavy atom. The van der Waals surface area contributed by atoms with Gasteiger partial charge >= 0.3 is 5.97 Å². The second-order valence-electron chi connectivity index (χ2n) is 20.4. The monoisotopic (exact) mass is 779 g/mol. The lowest BCUT2D eigenvalue weighted by Gasteiger charge is -2.74. The van der Waals surface area contributed by atoms with Crippen LogP contribution < -0.4 is 5.32 Å². The average Bonchev–Trinajstić information content (AvgIpc) is 3.90. The van der Waals surface area contributed by atoms with E-state index in [0.717, 1.165) is 68.9 Å². The summed E-state index contributed by atoms with van der Waals surface area (Å²) in [5.41, 5.74) is -6.15. The molecule has 56 heavy (non-hydrogen) atoms. The molecule has 1 aliphatic heterocycles. The first kappa shape index (κ1) is 39.8.